The number of hydrogen-bond donors (Lipinski definition) is 2. The van der Waals surface area contributed by atoms with E-state index >= 15 is 0 Å². The van der Waals surface area contributed by atoms with E-state index in [9.17, 15) is 9.90 Å². The molecular formula is C23H32O3. The van der Waals surface area contributed by atoms with Crippen LogP contribution in [0.25, 0.3) is 0 Å². The number of benzene rings is 1. The highest BCUT2D eigenvalue weighted by Gasteiger charge is 2.45. The van der Waals surface area contributed by atoms with Crippen LogP contribution in [0.3, 0.4) is 0 Å². The number of hydrogen-bond acceptors (Lipinski definition) is 2. The van der Waals surface area contributed by atoms with Gasteiger partial charge in [0.2, 0.25) is 0 Å². The summed E-state index contributed by atoms with van der Waals surface area (Å²) in [7, 11) is 0. The lowest BCUT2D eigenvalue weighted by atomic mass is 9.76. The molecule has 0 aromatic heterocycles. The maximum atomic E-state index is 10.6. The van der Waals surface area contributed by atoms with Gasteiger partial charge in [0, 0.05) is 6.42 Å². The second-order valence-corrected chi connectivity index (χ2v) is 8.16. The Bertz CT molecular complexity index is 595. The first-order valence-electron chi connectivity index (χ1n) is 10.3. The number of carboxylic acid groups (broad SMARTS) is 1. The van der Waals surface area contributed by atoms with E-state index < -0.39 is 12.1 Å². The Morgan fingerprint density at radius 3 is 2.58 bits per heavy atom. The Hall–Kier alpha value is -1.61. The molecular weight excluding hydrogens is 324 g/mol. The topological polar surface area (TPSA) is 57.5 Å². The van der Waals surface area contributed by atoms with E-state index in [0.29, 0.717) is 12.3 Å². The first-order chi connectivity index (χ1) is 12.6. The van der Waals surface area contributed by atoms with Crippen molar-refractivity contribution in [3.8, 4) is 0 Å². The number of carboxylic acids is 1. The second kappa shape index (κ2) is 9.36. The summed E-state index contributed by atoms with van der Waals surface area (Å²) in [6.45, 7) is 0. The van der Waals surface area contributed by atoms with Crippen LogP contribution in [0.1, 0.15) is 69.5 Å². The van der Waals surface area contributed by atoms with E-state index in [0.717, 1.165) is 42.6 Å². The van der Waals surface area contributed by atoms with Gasteiger partial charge in [-0.15, -0.1) is 0 Å². The van der Waals surface area contributed by atoms with Crippen LogP contribution in [0, 0.1) is 23.7 Å². The molecule has 5 atom stereocenters. The summed E-state index contributed by atoms with van der Waals surface area (Å²) < 4.78 is 0. The van der Waals surface area contributed by atoms with Crippen LogP contribution in [-0.2, 0) is 4.79 Å². The lowest BCUT2D eigenvalue weighted by molar-refractivity contribution is -0.137. The third kappa shape index (κ3) is 4.97. The zero-order valence-corrected chi connectivity index (χ0v) is 15.6. The molecule has 2 aliphatic carbocycles. The zero-order chi connectivity index (χ0) is 18.4. The molecule has 1 aromatic carbocycles. The quantitative estimate of drug-likeness (QED) is 0.438. The minimum Gasteiger partial charge on any atom is -0.481 e. The van der Waals surface area contributed by atoms with Crippen molar-refractivity contribution < 1.29 is 15.0 Å². The normalized spacial score (nSPS) is 28.7. The highest BCUT2D eigenvalue weighted by atomic mass is 16.4. The Morgan fingerprint density at radius 2 is 1.81 bits per heavy atom. The summed E-state index contributed by atoms with van der Waals surface area (Å²) in [5, 5.41) is 19.1. The van der Waals surface area contributed by atoms with Crippen LogP contribution < -0.4 is 0 Å². The summed E-state index contributed by atoms with van der Waals surface area (Å²) in [5.41, 5.74) is 0.960. The van der Waals surface area contributed by atoms with Gasteiger partial charge in [-0.3, -0.25) is 4.79 Å². The Morgan fingerprint density at radius 1 is 1.08 bits per heavy atom. The molecule has 1 aromatic rings. The number of carbonyl (C=O) groups is 1. The molecule has 2 bridgehead atoms. The lowest BCUT2D eigenvalue weighted by Gasteiger charge is -2.29. The van der Waals surface area contributed by atoms with E-state index in [1.807, 2.05) is 36.4 Å². The number of unbranched alkanes of at least 4 members (excludes halogenated alkanes) is 3. The van der Waals surface area contributed by atoms with Gasteiger partial charge in [-0.25, -0.2) is 0 Å². The van der Waals surface area contributed by atoms with Crippen LogP contribution in [-0.4, -0.2) is 16.2 Å². The fraction of sp³-hybridized carbons (Fsp3) is 0.609. The molecule has 142 valence electrons. The third-order valence-corrected chi connectivity index (χ3v) is 6.49. The molecule has 0 radical (unpaired) electrons. The Labute approximate surface area is 157 Å². The van der Waals surface area contributed by atoms with Crippen molar-refractivity contribution >= 4 is 5.97 Å². The molecule has 2 fully saturated rings. The molecule has 1 unspecified atom stereocenters. The molecule has 0 aliphatic heterocycles. The highest BCUT2D eigenvalue weighted by Crippen LogP contribution is 2.54. The second-order valence-electron chi connectivity index (χ2n) is 8.16. The van der Waals surface area contributed by atoms with Crippen molar-refractivity contribution in [2.75, 3.05) is 0 Å². The minimum atomic E-state index is -0.680. The lowest BCUT2D eigenvalue weighted by Crippen LogP contribution is -2.21. The van der Waals surface area contributed by atoms with Crippen LogP contribution in [0.4, 0.5) is 0 Å². The number of fused-ring (bicyclic) bond motifs is 2. The number of rotatable bonds is 10. The van der Waals surface area contributed by atoms with Gasteiger partial charge in [-0.1, -0.05) is 61.7 Å². The van der Waals surface area contributed by atoms with Crippen molar-refractivity contribution in [1.82, 2.24) is 0 Å². The van der Waals surface area contributed by atoms with Crippen molar-refractivity contribution in [1.29, 1.82) is 0 Å². The molecule has 0 amide bonds. The van der Waals surface area contributed by atoms with Gasteiger partial charge in [0.1, 0.15) is 0 Å². The number of aliphatic hydroxyl groups is 1. The van der Waals surface area contributed by atoms with Crippen LogP contribution in [0.2, 0.25) is 0 Å². The van der Waals surface area contributed by atoms with Gasteiger partial charge in [-0.05, 0) is 61.3 Å². The molecule has 26 heavy (non-hydrogen) atoms. The molecule has 0 heterocycles. The largest absolute Gasteiger partial charge is 0.481 e. The van der Waals surface area contributed by atoms with E-state index in [1.54, 1.807) is 0 Å². The Balaban J connectivity index is 1.49. The standard InChI is InChI=1S/C23H32O3/c24-22(17-8-4-3-5-9-17)15-14-21-19-13-12-18(16-19)20(21)10-6-1-2-7-11-23(25)26/h3-5,8-9,14-15,18-22,24H,1-2,6-7,10-13,16H2,(H,25,26)/t18-,19+,20-,21+,22?/m0/s1. The summed E-state index contributed by atoms with van der Waals surface area (Å²) >= 11 is 0. The van der Waals surface area contributed by atoms with Gasteiger partial charge < -0.3 is 10.2 Å². The number of allylic oxidation sites excluding steroid dienone is 1. The minimum absolute atomic E-state index is 0.302. The molecule has 2 aliphatic rings. The fourth-order valence-corrected chi connectivity index (χ4v) is 5.19. The highest BCUT2D eigenvalue weighted by molar-refractivity contribution is 5.66. The summed E-state index contributed by atoms with van der Waals surface area (Å²) in [5.74, 6) is 2.36. The average molecular weight is 357 g/mol. The van der Waals surface area contributed by atoms with Crippen molar-refractivity contribution in [3.63, 3.8) is 0 Å². The maximum absolute atomic E-state index is 10.6. The summed E-state index contributed by atoms with van der Waals surface area (Å²) in [6, 6.07) is 9.87. The van der Waals surface area contributed by atoms with E-state index in [-0.39, 0.29) is 0 Å². The fourth-order valence-electron chi connectivity index (χ4n) is 5.19. The third-order valence-electron chi connectivity index (χ3n) is 6.49. The van der Waals surface area contributed by atoms with E-state index in [1.165, 1.54) is 32.1 Å². The summed E-state index contributed by atoms with van der Waals surface area (Å²) in [4.78, 5) is 10.6. The molecule has 0 spiro atoms. The van der Waals surface area contributed by atoms with E-state index in [2.05, 4.69) is 6.08 Å². The number of aliphatic hydroxyl groups excluding tert-OH is 1. The molecule has 3 heteroatoms. The van der Waals surface area contributed by atoms with Crippen molar-refractivity contribution in [2.24, 2.45) is 23.7 Å². The van der Waals surface area contributed by atoms with Crippen LogP contribution >= 0.6 is 0 Å². The van der Waals surface area contributed by atoms with Gasteiger partial charge in [0.15, 0.2) is 0 Å². The maximum Gasteiger partial charge on any atom is 0.303 e. The van der Waals surface area contributed by atoms with Crippen molar-refractivity contribution in [3.05, 3.63) is 48.0 Å². The zero-order valence-electron chi connectivity index (χ0n) is 15.6. The summed E-state index contributed by atoms with van der Waals surface area (Å²) in [6.07, 6.45) is 13.6. The van der Waals surface area contributed by atoms with Gasteiger partial charge in [-0.2, -0.15) is 0 Å². The first-order valence-corrected chi connectivity index (χ1v) is 10.3. The van der Waals surface area contributed by atoms with E-state index in [4.69, 9.17) is 5.11 Å². The average Bonchev–Trinajstić information content (AvgIpc) is 3.24. The van der Waals surface area contributed by atoms with Crippen LogP contribution in [0.5, 0.6) is 0 Å². The molecule has 3 rings (SSSR count). The molecule has 3 nitrogen and oxygen atoms in total. The number of aliphatic carboxylic acids is 1. The predicted molar refractivity (Wildman–Crippen MR) is 104 cm³/mol. The monoisotopic (exact) mass is 356 g/mol. The first kappa shape index (κ1) is 19.2. The predicted octanol–water partition coefficient (Wildman–Crippen LogP) is 5.36. The smallest absolute Gasteiger partial charge is 0.303 e. The van der Waals surface area contributed by atoms with Gasteiger partial charge >= 0.3 is 5.97 Å². The van der Waals surface area contributed by atoms with Crippen LogP contribution in [0.15, 0.2) is 42.5 Å². The SMILES string of the molecule is O=C(O)CCCCCC[C@H]1[C@H]2CC[C@H](C2)[C@H]1C=CC(O)c1ccccc1. The van der Waals surface area contributed by atoms with Gasteiger partial charge in [0.25, 0.3) is 0 Å². The van der Waals surface area contributed by atoms with Crippen molar-refractivity contribution in [2.45, 2.75) is 63.9 Å². The molecule has 0 saturated heterocycles. The molecule has 2 N–H and O–H groups in total. The molecule has 2 saturated carbocycles. The van der Waals surface area contributed by atoms with Gasteiger partial charge in [0.05, 0.1) is 6.10 Å². The Kier molecular flexibility index (Phi) is 6.90.